The van der Waals surface area contributed by atoms with E-state index in [9.17, 15) is 0 Å². The van der Waals surface area contributed by atoms with Gasteiger partial charge in [0.25, 0.3) is 0 Å². The Balaban J connectivity index is 1.82. The van der Waals surface area contributed by atoms with Crippen molar-refractivity contribution in [1.29, 1.82) is 0 Å². The number of aryl methyl sites for hydroxylation is 2. The standard InChI is InChI=1S/C20H22N4O2S/c1-10-11(2)16-17(21)18(27-20(16)22-12(10)3)14-9-26-24-19(23-14)13-7-5-6-8-15(13)25-4/h5-8,19,24H,9,21H2,1-4H3. The summed E-state index contributed by atoms with van der Waals surface area (Å²) in [4.78, 5) is 17.1. The van der Waals surface area contributed by atoms with Crippen molar-refractivity contribution in [2.75, 3.05) is 19.5 Å². The fraction of sp³-hybridized carbons (Fsp3) is 0.300. The van der Waals surface area contributed by atoms with Gasteiger partial charge >= 0.3 is 0 Å². The normalized spacial score (nSPS) is 17.2. The van der Waals surface area contributed by atoms with Crippen molar-refractivity contribution in [2.24, 2.45) is 4.99 Å². The number of hydrogen-bond donors (Lipinski definition) is 2. The molecule has 1 aromatic carbocycles. The number of aromatic nitrogens is 1. The number of ether oxygens (including phenoxy) is 1. The molecular formula is C20H22N4O2S. The number of pyridine rings is 1. The van der Waals surface area contributed by atoms with Gasteiger partial charge in [0.15, 0.2) is 6.17 Å². The number of fused-ring (bicyclic) bond motifs is 1. The zero-order valence-corrected chi connectivity index (χ0v) is 16.6. The molecule has 1 aliphatic heterocycles. The van der Waals surface area contributed by atoms with Gasteiger partial charge in [-0.1, -0.05) is 18.2 Å². The molecule has 140 valence electrons. The molecule has 3 aromatic rings. The first-order valence-corrected chi connectivity index (χ1v) is 9.56. The van der Waals surface area contributed by atoms with Crippen molar-refractivity contribution in [1.82, 2.24) is 10.5 Å². The number of nitrogens with two attached hydrogens (primary N) is 1. The first-order valence-electron chi connectivity index (χ1n) is 8.74. The summed E-state index contributed by atoms with van der Waals surface area (Å²) >= 11 is 1.57. The van der Waals surface area contributed by atoms with E-state index in [1.165, 1.54) is 11.1 Å². The van der Waals surface area contributed by atoms with Crippen LogP contribution in [0.3, 0.4) is 0 Å². The summed E-state index contributed by atoms with van der Waals surface area (Å²) in [5.74, 6) is 0.761. The molecule has 0 saturated heterocycles. The number of para-hydroxylation sites is 1. The van der Waals surface area contributed by atoms with E-state index in [-0.39, 0.29) is 6.17 Å². The number of aliphatic imine (C=N–C) groups is 1. The summed E-state index contributed by atoms with van der Waals surface area (Å²) in [5, 5.41) is 1.02. The van der Waals surface area contributed by atoms with Gasteiger partial charge in [-0.15, -0.1) is 11.3 Å². The number of benzene rings is 1. The Bertz CT molecular complexity index is 1060. The van der Waals surface area contributed by atoms with Crippen molar-refractivity contribution < 1.29 is 9.57 Å². The van der Waals surface area contributed by atoms with Crippen LogP contribution in [0.25, 0.3) is 10.2 Å². The van der Waals surface area contributed by atoms with Crippen molar-refractivity contribution in [3.63, 3.8) is 0 Å². The zero-order chi connectivity index (χ0) is 19.1. The first-order chi connectivity index (χ1) is 13.0. The van der Waals surface area contributed by atoms with E-state index < -0.39 is 0 Å². The van der Waals surface area contributed by atoms with E-state index in [2.05, 4.69) is 19.3 Å². The summed E-state index contributed by atoms with van der Waals surface area (Å²) in [6, 6.07) is 7.77. The number of nitrogens with one attached hydrogen (secondary N) is 1. The van der Waals surface area contributed by atoms with Crippen molar-refractivity contribution in [3.05, 3.63) is 51.5 Å². The molecule has 0 saturated carbocycles. The molecular weight excluding hydrogens is 360 g/mol. The van der Waals surface area contributed by atoms with E-state index in [0.29, 0.717) is 6.61 Å². The average molecular weight is 382 g/mol. The molecule has 1 atom stereocenters. The number of nitrogen functional groups attached to an aromatic ring is 1. The van der Waals surface area contributed by atoms with Gasteiger partial charge in [0, 0.05) is 16.6 Å². The lowest BCUT2D eigenvalue weighted by Gasteiger charge is -2.23. The Morgan fingerprint density at radius 3 is 2.78 bits per heavy atom. The predicted molar refractivity (Wildman–Crippen MR) is 110 cm³/mol. The first kappa shape index (κ1) is 17.9. The number of rotatable bonds is 3. The molecule has 3 N–H and O–H groups in total. The number of methoxy groups -OCH3 is 1. The van der Waals surface area contributed by atoms with Crippen LogP contribution in [0.15, 0.2) is 29.3 Å². The second-order valence-corrected chi connectivity index (χ2v) is 7.60. The quantitative estimate of drug-likeness (QED) is 0.719. The third-order valence-electron chi connectivity index (χ3n) is 5.06. The Kier molecular flexibility index (Phi) is 4.59. The minimum atomic E-state index is -0.355. The average Bonchev–Trinajstić information content (AvgIpc) is 3.02. The number of hydroxylamine groups is 1. The van der Waals surface area contributed by atoms with Gasteiger partial charge in [-0.05, 0) is 38.0 Å². The Morgan fingerprint density at radius 1 is 1.22 bits per heavy atom. The molecule has 2 aromatic heterocycles. The van der Waals surface area contributed by atoms with Crippen LogP contribution in [0, 0.1) is 20.8 Å². The van der Waals surface area contributed by atoms with Gasteiger partial charge < -0.3 is 10.5 Å². The van der Waals surface area contributed by atoms with Gasteiger partial charge in [-0.2, -0.15) is 5.48 Å². The summed E-state index contributed by atoms with van der Waals surface area (Å²) in [5.41, 5.74) is 15.3. The van der Waals surface area contributed by atoms with Crippen molar-refractivity contribution >= 4 is 33.0 Å². The van der Waals surface area contributed by atoms with E-state index >= 15 is 0 Å². The summed E-state index contributed by atoms with van der Waals surface area (Å²) in [6.45, 7) is 6.55. The SMILES string of the molecule is COc1ccccc1C1N=C(c2sc3nc(C)c(C)c(C)c3c2N)CON1. The van der Waals surface area contributed by atoms with E-state index in [0.717, 1.165) is 43.5 Å². The highest BCUT2D eigenvalue weighted by Crippen LogP contribution is 2.38. The predicted octanol–water partition coefficient (Wildman–Crippen LogP) is 3.84. The molecule has 7 heteroatoms. The van der Waals surface area contributed by atoms with Gasteiger partial charge in [-0.3, -0.25) is 9.83 Å². The molecule has 0 spiro atoms. The Morgan fingerprint density at radius 2 is 2.00 bits per heavy atom. The lowest BCUT2D eigenvalue weighted by Crippen LogP contribution is -2.31. The van der Waals surface area contributed by atoms with Gasteiger partial charge in [0.1, 0.15) is 17.2 Å². The fourth-order valence-corrected chi connectivity index (χ4v) is 4.52. The van der Waals surface area contributed by atoms with E-state index in [1.807, 2.05) is 31.2 Å². The minimum absolute atomic E-state index is 0.347. The molecule has 0 fully saturated rings. The smallest absolute Gasteiger partial charge is 0.151 e. The topological polar surface area (TPSA) is 81.8 Å². The van der Waals surface area contributed by atoms with Crippen LogP contribution in [-0.4, -0.2) is 24.4 Å². The maximum absolute atomic E-state index is 6.52. The number of hydrogen-bond acceptors (Lipinski definition) is 7. The van der Waals surface area contributed by atoms with Gasteiger partial charge in [-0.25, -0.2) is 4.98 Å². The lowest BCUT2D eigenvalue weighted by atomic mass is 10.0. The van der Waals surface area contributed by atoms with Gasteiger partial charge in [0.2, 0.25) is 0 Å². The van der Waals surface area contributed by atoms with Crippen LogP contribution in [-0.2, 0) is 4.84 Å². The summed E-state index contributed by atoms with van der Waals surface area (Å²) in [7, 11) is 1.65. The lowest BCUT2D eigenvalue weighted by molar-refractivity contribution is 0.0322. The molecule has 0 amide bonds. The fourth-order valence-electron chi connectivity index (χ4n) is 3.34. The highest BCUT2D eigenvalue weighted by molar-refractivity contribution is 7.21. The summed E-state index contributed by atoms with van der Waals surface area (Å²) < 4.78 is 5.46. The Labute approximate surface area is 162 Å². The molecule has 3 heterocycles. The molecule has 4 rings (SSSR count). The third kappa shape index (κ3) is 2.97. The molecule has 0 bridgehead atoms. The van der Waals surface area contributed by atoms with Gasteiger partial charge in [0.05, 0.1) is 23.4 Å². The maximum atomic E-state index is 6.52. The molecule has 0 radical (unpaired) electrons. The monoisotopic (exact) mass is 382 g/mol. The van der Waals surface area contributed by atoms with E-state index in [4.69, 9.17) is 25.3 Å². The highest BCUT2D eigenvalue weighted by Gasteiger charge is 2.25. The van der Waals surface area contributed by atoms with Crippen LogP contribution in [0.2, 0.25) is 0 Å². The number of thiophene rings is 1. The maximum Gasteiger partial charge on any atom is 0.151 e. The minimum Gasteiger partial charge on any atom is -0.496 e. The molecule has 27 heavy (non-hydrogen) atoms. The Hall–Kier alpha value is -2.48. The van der Waals surface area contributed by atoms with Crippen LogP contribution in [0.5, 0.6) is 5.75 Å². The zero-order valence-electron chi connectivity index (χ0n) is 15.8. The van der Waals surface area contributed by atoms with Crippen molar-refractivity contribution in [3.8, 4) is 5.75 Å². The molecule has 1 aliphatic rings. The van der Waals surface area contributed by atoms with Crippen LogP contribution in [0.1, 0.15) is 33.4 Å². The number of nitrogens with zero attached hydrogens (tertiary/aromatic N) is 2. The van der Waals surface area contributed by atoms with E-state index in [1.54, 1.807) is 18.4 Å². The number of anilines is 1. The van der Waals surface area contributed by atoms with Crippen molar-refractivity contribution in [2.45, 2.75) is 26.9 Å². The second kappa shape index (κ2) is 6.92. The summed E-state index contributed by atoms with van der Waals surface area (Å²) in [6.07, 6.45) is -0.355. The third-order valence-corrected chi connectivity index (χ3v) is 6.21. The van der Waals surface area contributed by atoms with Crippen LogP contribution < -0.4 is 16.0 Å². The van der Waals surface area contributed by atoms with Crippen LogP contribution in [0.4, 0.5) is 5.69 Å². The second-order valence-electron chi connectivity index (χ2n) is 6.60. The van der Waals surface area contributed by atoms with Crippen LogP contribution >= 0.6 is 11.3 Å². The molecule has 6 nitrogen and oxygen atoms in total. The largest absolute Gasteiger partial charge is 0.496 e. The molecule has 1 unspecified atom stereocenters. The highest BCUT2D eigenvalue weighted by atomic mass is 32.1. The molecule has 0 aliphatic carbocycles.